The molecule has 0 rings (SSSR count). The van der Waals surface area contributed by atoms with Crippen LogP contribution in [0.2, 0.25) is 11.0 Å². The van der Waals surface area contributed by atoms with Crippen LogP contribution in [0.5, 0.6) is 0 Å². The first-order valence-electron chi connectivity index (χ1n) is 2.32. The van der Waals surface area contributed by atoms with Gasteiger partial charge in [-0.2, -0.15) is 0 Å². The second-order valence-electron chi connectivity index (χ2n) is 1.69. The van der Waals surface area contributed by atoms with Crippen LogP contribution in [-0.4, -0.2) is 4.88 Å². The molecule has 0 aromatic heterocycles. The zero-order chi connectivity index (χ0) is 6.28. The van der Waals surface area contributed by atoms with E-state index in [0.29, 0.717) is 0 Å². The van der Waals surface area contributed by atoms with E-state index in [-0.39, 0.29) is 0 Å². The van der Waals surface area contributed by atoms with Crippen molar-refractivity contribution in [3.05, 3.63) is 0 Å². The molecule has 0 radical (unpaired) electrons. The van der Waals surface area contributed by atoms with Gasteiger partial charge in [0.1, 0.15) is 0 Å². The van der Waals surface area contributed by atoms with Crippen LogP contribution in [0.3, 0.4) is 0 Å². The van der Waals surface area contributed by atoms with E-state index in [1.807, 2.05) is 0 Å². The molecule has 0 bridgehead atoms. The number of rotatable bonds is 1. The molecule has 0 amide bonds. The van der Waals surface area contributed by atoms with E-state index in [9.17, 15) is 4.79 Å². The van der Waals surface area contributed by atoms with Crippen molar-refractivity contribution in [2.24, 2.45) is 0 Å². The van der Waals surface area contributed by atoms with Crippen LogP contribution in [0.25, 0.3) is 0 Å². The Balaban J connectivity index is 0. The van der Waals surface area contributed by atoms with Gasteiger partial charge in [-0.25, -0.2) is 5.26 Å². The van der Waals surface area contributed by atoms with Crippen molar-refractivity contribution in [2.45, 2.75) is 11.0 Å². The monoisotopic (exact) mass is 150 g/mol. The molecule has 0 spiro atoms. The summed E-state index contributed by atoms with van der Waals surface area (Å²) in [6.45, 7) is 3.50. The molecule has 0 heterocycles. The van der Waals surface area contributed by atoms with E-state index in [1.54, 1.807) is 0 Å². The van der Waals surface area contributed by atoms with Crippen molar-refractivity contribution < 1.29 is 20.7 Å². The summed E-state index contributed by atoms with van der Waals surface area (Å²) in [5.74, 6) is 0. The summed E-state index contributed by atoms with van der Waals surface area (Å²) >= 11 is -1.35. The van der Waals surface area contributed by atoms with Crippen LogP contribution in [0.4, 0.5) is 0 Å². The maximum absolute atomic E-state index is 9.60. The van der Waals surface area contributed by atoms with Crippen LogP contribution in [-0.2, 0) is 20.7 Å². The maximum atomic E-state index is 9.60. The van der Waals surface area contributed by atoms with Gasteiger partial charge in [0.2, 0.25) is 0 Å². The third-order valence-corrected chi connectivity index (χ3v) is 1.73. The third-order valence-electron chi connectivity index (χ3n) is 0.333. The second-order valence-corrected chi connectivity index (χ2v) is 8.78. The van der Waals surface area contributed by atoms with Crippen molar-refractivity contribution in [2.75, 3.05) is 0 Å². The van der Waals surface area contributed by atoms with Gasteiger partial charge >= 0.3 is 36.7 Å². The Hall–Kier alpha value is -0.217. The normalized spacial score (nSPS) is 5.14. The molecular formula is C4H8NOZn. The molecule has 0 unspecified atom stereocenters. The molecule has 0 aliphatic carbocycles. The molecule has 2 nitrogen and oxygen atoms in total. The van der Waals surface area contributed by atoms with Crippen molar-refractivity contribution in [1.29, 1.82) is 5.26 Å². The first kappa shape index (κ1) is 9.92. The fourth-order valence-electron chi connectivity index (χ4n) is 0. The standard InChI is InChI=1S/CHN.CHO.2CH3.Zn/c2*1-2;;;/h2*1H;2*1H3;. The first-order chi connectivity index (χ1) is 3.27. The van der Waals surface area contributed by atoms with Gasteiger partial charge in [0.05, 0.1) is 0 Å². The van der Waals surface area contributed by atoms with Crippen molar-refractivity contribution >= 4 is 4.88 Å². The number of nitriles is 1. The number of hydrogen-bond donors (Lipinski definition) is 0. The van der Waals surface area contributed by atoms with Crippen molar-refractivity contribution in [3.8, 4) is 6.57 Å². The molecule has 0 aromatic carbocycles. The van der Waals surface area contributed by atoms with Gasteiger partial charge in [-0.15, -0.1) is 0 Å². The Morgan fingerprint density at radius 1 is 1.57 bits per heavy atom. The number of carbonyl (C=O) groups is 1. The van der Waals surface area contributed by atoms with Gasteiger partial charge in [0.25, 0.3) is 0 Å². The second kappa shape index (κ2) is 9.24. The molecule has 0 saturated carbocycles. The molecule has 0 fully saturated rings. The average Bonchev–Trinajstić information content (AvgIpc) is 1.73. The predicted octanol–water partition coefficient (Wildman–Crippen LogP) is 1.03. The molecule has 0 aromatic rings. The quantitative estimate of drug-likeness (QED) is 0.415. The van der Waals surface area contributed by atoms with E-state index >= 15 is 0 Å². The molecule has 3 heteroatoms. The Kier molecular flexibility index (Phi) is 13.1. The van der Waals surface area contributed by atoms with Crippen LogP contribution < -0.4 is 0 Å². The molecule has 0 aliphatic heterocycles. The van der Waals surface area contributed by atoms with Gasteiger partial charge in [-0.1, -0.05) is 0 Å². The summed E-state index contributed by atoms with van der Waals surface area (Å²) < 4.78 is 0. The molecule has 0 N–H and O–H groups in total. The van der Waals surface area contributed by atoms with Crippen molar-refractivity contribution in [3.63, 3.8) is 0 Å². The minimum absolute atomic E-state index is 1.12. The number of carbonyl (C=O) groups excluding carboxylic acids is 1. The molecular weight excluding hydrogens is 143 g/mol. The minimum atomic E-state index is -1.35. The Morgan fingerprint density at radius 2 is 1.71 bits per heavy atom. The summed E-state index contributed by atoms with van der Waals surface area (Å²) in [5, 5.41) is 6.50. The van der Waals surface area contributed by atoms with Crippen LogP contribution in [0.15, 0.2) is 0 Å². The van der Waals surface area contributed by atoms with Gasteiger partial charge in [-0.3, -0.25) is 0 Å². The zero-order valence-corrected chi connectivity index (χ0v) is 7.68. The molecule has 0 saturated heterocycles. The fraction of sp³-hybridized carbons (Fsp3) is 0.500. The SMILES string of the molecule is C#N.[CH3][Zn]([CH3])[CH]=O. The van der Waals surface area contributed by atoms with Gasteiger partial charge < -0.3 is 0 Å². The summed E-state index contributed by atoms with van der Waals surface area (Å²) in [7, 11) is 0. The van der Waals surface area contributed by atoms with Crippen LogP contribution in [0, 0.1) is 11.8 Å². The summed E-state index contributed by atoms with van der Waals surface area (Å²) in [4.78, 5) is 10.7. The number of hydrogen-bond acceptors (Lipinski definition) is 2. The molecule has 0 atom stereocenters. The van der Waals surface area contributed by atoms with E-state index in [2.05, 4.69) is 17.6 Å². The Bertz CT molecular complexity index is 60.0. The van der Waals surface area contributed by atoms with Crippen molar-refractivity contribution in [1.82, 2.24) is 0 Å². The van der Waals surface area contributed by atoms with Crippen LogP contribution in [0.1, 0.15) is 0 Å². The Morgan fingerprint density at radius 3 is 1.71 bits per heavy atom. The molecule has 0 aliphatic rings. The van der Waals surface area contributed by atoms with Gasteiger partial charge in [0, 0.05) is 6.57 Å². The van der Waals surface area contributed by atoms with Crippen LogP contribution >= 0.6 is 0 Å². The first-order valence-corrected chi connectivity index (χ1v) is 9.96. The average molecular weight is 152 g/mol. The van der Waals surface area contributed by atoms with E-state index in [4.69, 9.17) is 5.26 Å². The third kappa shape index (κ3) is 26.0. The van der Waals surface area contributed by atoms with E-state index in [0.717, 1.165) is 4.88 Å². The summed E-state index contributed by atoms with van der Waals surface area (Å²) in [6, 6.07) is 0. The van der Waals surface area contributed by atoms with Gasteiger partial charge in [-0.05, 0) is 0 Å². The topological polar surface area (TPSA) is 40.9 Å². The Labute approximate surface area is 49.0 Å². The van der Waals surface area contributed by atoms with E-state index < -0.39 is 16.0 Å². The molecule has 37 valence electrons. The zero-order valence-electron chi connectivity index (χ0n) is 4.72. The molecule has 7 heavy (non-hydrogen) atoms. The summed E-state index contributed by atoms with van der Waals surface area (Å²) in [5.41, 5.74) is 4.12. The van der Waals surface area contributed by atoms with Gasteiger partial charge in [0.15, 0.2) is 0 Å². The fourth-order valence-corrected chi connectivity index (χ4v) is 0. The number of nitrogens with zero attached hydrogens (tertiary/aromatic N) is 1. The van der Waals surface area contributed by atoms with E-state index in [1.165, 1.54) is 0 Å². The predicted molar refractivity (Wildman–Crippen MR) is 25.1 cm³/mol. The summed E-state index contributed by atoms with van der Waals surface area (Å²) in [6.07, 6.45) is 0.